The van der Waals surface area contributed by atoms with Gasteiger partial charge in [0, 0.05) is 30.6 Å². The van der Waals surface area contributed by atoms with Crippen molar-refractivity contribution in [3.63, 3.8) is 0 Å². The number of hydrogen-bond acceptors (Lipinski definition) is 4. The minimum atomic E-state index is -0.0855. The fourth-order valence-corrected chi connectivity index (χ4v) is 2.74. The molecule has 5 nitrogen and oxygen atoms in total. The van der Waals surface area contributed by atoms with E-state index < -0.39 is 0 Å². The maximum absolute atomic E-state index is 12.1. The first-order chi connectivity index (χ1) is 8.99. The Morgan fingerprint density at radius 2 is 2.26 bits per heavy atom. The summed E-state index contributed by atoms with van der Waals surface area (Å²) in [6.45, 7) is 6.46. The quantitative estimate of drug-likeness (QED) is 0.931. The highest BCUT2D eigenvalue weighted by Gasteiger charge is 2.16. The van der Waals surface area contributed by atoms with E-state index >= 15 is 0 Å². The van der Waals surface area contributed by atoms with Crippen LogP contribution in [0.25, 0.3) is 0 Å². The van der Waals surface area contributed by atoms with Crippen LogP contribution in [0.3, 0.4) is 0 Å². The summed E-state index contributed by atoms with van der Waals surface area (Å²) in [6.07, 6.45) is 1.65. The number of imidazole rings is 1. The molecule has 2 heterocycles. The van der Waals surface area contributed by atoms with Crippen LogP contribution in [0.2, 0.25) is 0 Å². The topological polar surface area (TPSA) is 59.8 Å². The molecule has 1 amide bonds. The van der Waals surface area contributed by atoms with E-state index in [0.29, 0.717) is 12.2 Å². The number of rotatable bonds is 4. The Balaban J connectivity index is 1.97. The van der Waals surface area contributed by atoms with Gasteiger partial charge in [0.15, 0.2) is 0 Å². The van der Waals surface area contributed by atoms with Crippen molar-refractivity contribution in [2.45, 2.75) is 26.7 Å². The zero-order valence-electron chi connectivity index (χ0n) is 11.6. The van der Waals surface area contributed by atoms with Gasteiger partial charge in [0.1, 0.15) is 5.69 Å². The molecule has 0 radical (unpaired) electrons. The minimum absolute atomic E-state index is 0.0855. The summed E-state index contributed by atoms with van der Waals surface area (Å²) < 4.78 is 1.74. The second kappa shape index (κ2) is 5.52. The molecule has 2 rings (SSSR count). The van der Waals surface area contributed by atoms with Crippen molar-refractivity contribution in [1.29, 1.82) is 0 Å². The third kappa shape index (κ3) is 3.01. The number of nitrogens with one attached hydrogen (secondary N) is 1. The summed E-state index contributed by atoms with van der Waals surface area (Å²) in [4.78, 5) is 20.7. The monoisotopic (exact) mass is 278 g/mol. The van der Waals surface area contributed by atoms with Gasteiger partial charge in [0.25, 0.3) is 5.91 Å². The molecule has 0 aliphatic carbocycles. The van der Waals surface area contributed by atoms with E-state index in [9.17, 15) is 4.79 Å². The van der Waals surface area contributed by atoms with E-state index in [1.807, 2.05) is 26.3 Å². The molecule has 0 aliphatic heterocycles. The van der Waals surface area contributed by atoms with Crippen LogP contribution in [0.15, 0.2) is 11.7 Å². The SMILES string of the molecule is Cc1csc([C@@H](C)CNC(=O)c2c(C)ncn2C)n1. The molecule has 6 heteroatoms. The molecule has 1 N–H and O–H groups in total. The van der Waals surface area contributed by atoms with Gasteiger partial charge in [-0.1, -0.05) is 6.92 Å². The number of nitrogens with zero attached hydrogens (tertiary/aromatic N) is 3. The summed E-state index contributed by atoms with van der Waals surface area (Å²) in [5.74, 6) is 0.133. The molecule has 0 fully saturated rings. The summed E-state index contributed by atoms with van der Waals surface area (Å²) >= 11 is 1.63. The minimum Gasteiger partial charge on any atom is -0.350 e. The maximum Gasteiger partial charge on any atom is 0.269 e. The fraction of sp³-hybridized carbons (Fsp3) is 0.462. The Morgan fingerprint density at radius 1 is 1.53 bits per heavy atom. The van der Waals surface area contributed by atoms with Crippen molar-refractivity contribution in [1.82, 2.24) is 19.9 Å². The molecule has 1 atom stereocenters. The average Bonchev–Trinajstić information content (AvgIpc) is 2.93. The van der Waals surface area contributed by atoms with Crippen molar-refractivity contribution in [2.75, 3.05) is 6.54 Å². The van der Waals surface area contributed by atoms with E-state index in [4.69, 9.17) is 0 Å². The molecule has 19 heavy (non-hydrogen) atoms. The van der Waals surface area contributed by atoms with Crippen molar-refractivity contribution >= 4 is 17.2 Å². The highest BCUT2D eigenvalue weighted by atomic mass is 32.1. The predicted molar refractivity (Wildman–Crippen MR) is 75.5 cm³/mol. The van der Waals surface area contributed by atoms with E-state index in [2.05, 4.69) is 22.2 Å². The highest BCUT2D eigenvalue weighted by molar-refractivity contribution is 7.09. The van der Waals surface area contributed by atoms with Gasteiger partial charge in [-0.25, -0.2) is 9.97 Å². The first-order valence-corrected chi connectivity index (χ1v) is 7.05. The largest absolute Gasteiger partial charge is 0.350 e. The maximum atomic E-state index is 12.1. The Bertz CT molecular complexity index is 568. The predicted octanol–water partition coefficient (Wildman–Crippen LogP) is 2.03. The lowest BCUT2D eigenvalue weighted by Crippen LogP contribution is -2.29. The van der Waals surface area contributed by atoms with Crippen LogP contribution in [-0.4, -0.2) is 27.0 Å². The zero-order chi connectivity index (χ0) is 14.0. The van der Waals surface area contributed by atoms with Gasteiger partial charge in [-0.15, -0.1) is 11.3 Å². The van der Waals surface area contributed by atoms with E-state index in [-0.39, 0.29) is 11.8 Å². The molecule has 2 aromatic heterocycles. The van der Waals surface area contributed by atoms with Gasteiger partial charge in [0.2, 0.25) is 0 Å². The van der Waals surface area contributed by atoms with Crippen LogP contribution < -0.4 is 5.32 Å². The molecule has 0 bridgehead atoms. The fourth-order valence-electron chi connectivity index (χ4n) is 1.89. The van der Waals surface area contributed by atoms with Crippen LogP contribution >= 0.6 is 11.3 Å². The summed E-state index contributed by atoms with van der Waals surface area (Å²) in [5.41, 5.74) is 2.39. The van der Waals surface area contributed by atoms with E-state index in [1.165, 1.54) is 0 Å². The van der Waals surface area contributed by atoms with Gasteiger partial charge in [-0.05, 0) is 13.8 Å². The van der Waals surface area contributed by atoms with E-state index in [0.717, 1.165) is 16.4 Å². The molecule has 0 saturated heterocycles. The molecular weight excluding hydrogens is 260 g/mol. The van der Waals surface area contributed by atoms with E-state index in [1.54, 1.807) is 22.2 Å². The second-order valence-electron chi connectivity index (χ2n) is 4.73. The molecule has 0 aliphatic rings. The van der Waals surface area contributed by atoms with Crippen molar-refractivity contribution in [3.05, 3.63) is 33.8 Å². The molecule has 0 spiro atoms. The smallest absolute Gasteiger partial charge is 0.269 e. The first-order valence-electron chi connectivity index (χ1n) is 6.17. The van der Waals surface area contributed by atoms with Gasteiger partial charge < -0.3 is 9.88 Å². The van der Waals surface area contributed by atoms with Crippen molar-refractivity contribution < 1.29 is 4.79 Å². The van der Waals surface area contributed by atoms with Gasteiger partial charge in [-0.3, -0.25) is 4.79 Å². The molecule has 2 aromatic rings. The summed E-state index contributed by atoms with van der Waals surface area (Å²) in [6, 6.07) is 0. The van der Waals surface area contributed by atoms with Crippen LogP contribution in [-0.2, 0) is 7.05 Å². The zero-order valence-corrected chi connectivity index (χ0v) is 12.4. The number of aromatic nitrogens is 3. The van der Waals surface area contributed by atoms with Crippen molar-refractivity contribution in [3.8, 4) is 0 Å². The van der Waals surface area contributed by atoms with Gasteiger partial charge >= 0.3 is 0 Å². The lowest BCUT2D eigenvalue weighted by Gasteiger charge is -2.10. The van der Waals surface area contributed by atoms with Crippen LogP contribution in [0, 0.1) is 13.8 Å². The average molecular weight is 278 g/mol. The van der Waals surface area contributed by atoms with Crippen molar-refractivity contribution in [2.24, 2.45) is 7.05 Å². The lowest BCUT2D eigenvalue weighted by atomic mass is 10.2. The number of aryl methyl sites for hydroxylation is 3. The Labute approximate surface area is 116 Å². The molecule has 0 aromatic carbocycles. The molecule has 0 unspecified atom stereocenters. The number of carbonyl (C=O) groups is 1. The summed E-state index contributed by atoms with van der Waals surface area (Å²) in [7, 11) is 1.82. The standard InChI is InChI=1S/C13H18N4OS/c1-8(13-16-9(2)6-19-13)5-14-12(18)11-10(3)15-7-17(11)4/h6-8H,5H2,1-4H3,(H,14,18)/t8-/m0/s1. The number of amides is 1. The normalized spacial score (nSPS) is 12.4. The Kier molecular flexibility index (Phi) is 3.99. The summed E-state index contributed by atoms with van der Waals surface area (Å²) in [5, 5.41) is 6.02. The number of thiazole rings is 1. The Morgan fingerprint density at radius 3 is 2.79 bits per heavy atom. The number of hydrogen-bond donors (Lipinski definition) is 1. The Hall–Kier alpha value is -1.69. The first kappa shape index (κ1) is 13.7. The molecular formula is C13H18N4OS. The molecule has 0 saturated carbocycles. The van der Waals surface area contributed by atoms with Crippen LogP contribution in [0.5, 0.6) is 0 Å². The second-order valence-corrected chi connectivity index (χ2v) is 5.62. The van der Waals surface area contributed by atoms with Gasteiger partial charge in [-0.2, -0.15) is 0 Å². The molecule has 102 valence electrons. The third-order valence-corrected chi connectivity index (χ3v) is 4.16. The lowest BCUT2D eigenvalue weighted by molar-refractivity contribution is 0.0943. The van der Waals surface area contributed by atoms with Gasteiger partial charge in [0.05, 0.1) is 17.0 Å². The van der Waals surface area contributed by atoms with Crippen LogP contribution in [0.4, 0.5) is 0 Å². The van der Waals surface area contributed by atoms with Crippen LogP contribution in [0.1, 0.15) is 39.7 Å². The highest BCUT2D eigenvalue weighted by Crippen LogP contribution is 2.19. The third-order valence-electron chi connectivity index (χ3n) is 2.96. The number of carbonyl (C=O) groups excluding carboxylic acids is 1.